The van der Waals surface area contributed by atoms with E-state index in [1.807, 2.05) is 12.1 Å². The number of nitrogens with zero attached hydrogens (tertiary/aromatic N) is 1. The fourth-order valence-electron chi connectivity index (χ4n) is 2.20. The van der Waals surface area contributed by atoms with Crippen molar-refractivity contribution in [3.05, 3.63) is 30.1 Å². The van der Waals surface area contributed by atoms with Gasteiger partial charge in [-0.2, -0.15) is 0 Å². The molecule has 1 saturated heterocycles. The van der Waals surface area contributed by atoms with Crippen LogP contribution in [0.2, 0.25) is 0 Å². The number of carbonyl (C=O) groups excluding carboxylic acids is 1. The monoisotopic (exact) mass is 269 g/mol. The second-order valence-electron chi connectivity index (χ2n) is 4.65. The minimum atomic E-state index is 0. The Labute approximate surface area is 114 Å². The SMILES string of the molecule is C[C@H]1C[C@@H](C(=O)NCc2ccncc2)CCN1.Cl. The molecule has 1 aromatic heterocycles. The molecule has 100 valence electrons. The Morgan fingerprint density at radius 1 is 1.50 bits per heavy atom. The van der Waals surface area contributed by atoms with Crippen molar-refractivity contribution in [3.8, 4) is 0 Å². The number of piperidine rings is 1. The van der Waals surface area contributed by atoms with Crippen LogP contribution in [0, 0.1) is 5.92 Å². The highest BCUT2D eigenvalue weighted by Gasteiger charge is 2.24. The van der Waals surface area contributed by atoms with E-state index in [1.54, 1.807) is 12.4 Å². The third-order valence-electron chi connectivity index (χ3n) is 3.21. The van der Waals surface area contributed by atoms with E-state index in [9.17, 15) is 4.79 Å². The maximum Gasteiger partial charge on any atom is 0.223 e. The number of nitrogens with one attached hydrogen (secondary N) is 2. The van der Waals surface area contributed by atoms with Crippen molar-refractivity contribution in [1.29, 1.82) is 0 Å². The molecule has 2 rings (SSSR count). The number of aromatic nitrogens is 1. The molecular formula is C13H20ClN3O. The molecule has 0 unspecified atom stereocenters. The van der Waals surface area contributed by atoms with E-state index in [4.69, 9.17) is 0 Å². The van der Waals surface area contributed by atoms with Gasteiger partial charge in [-0.05, 0) is 44.0 Å². The molecule has 0 bridgehead atoms. The number of carbonyl (C=O) groups is 1. The second-order valence-corrected chi connectivity index (χ2v) is 4.65. The van der Waals surface area contributed by atoms with Gasteiger partial charge < -0.3 is 10.6 Å². The van der Waals surface area contributed by atoms with Crippen molar-refractivity contribution in [1.82, 2.24) is 15.6 Å². The standard InChI is InChI=1S/C13H19N3O.ClH/c1-10-8-12(4-7-15-10)13(17)16-9-11-2-5-14-6-3-11;/h2-3,5-6,10,12,15H,4,7-9H2,1H3,(H,16,17);1H/t10-,12-;/m0./s1. The van der Waals surface area contributed by atoms with Gasteiger partial charge in [0.2, 0.25) is 5.91 Å². The summed E-state index contributed by atoms with van der Waals surface area (Å²) < 4.78 is 0. The second kappa shape index (κ2) is 7.34. The van der Waals surface area contributed by atoms with E-state index in [-0.39, 0.29) is 24.2 Å². The van der Waals surface area contributed by atoms with E-state index in [1.165, 1.54) is 0 Å². The van der Waals surface area contributed by atoms with Gasteiger partial charge in [-0.15, -0.1) is 12.4 Å². The van der Waals surface area contributed by atoms with Crippen LogP contribution in [0.15, 0.2) is 24.5 Å². The summed E-state index contributed by atoms with van der Waals surface area (Å²) in [7, 11) is 0. The molecule has 0 aliphatic carbocycles. The summed E-state index contributed by atoms with van der Waals surface area (Å²) in [5.74, 6) is 0.336. The fourth-order valence-corrected chi connectivity index (χ4v) is 2.20. The molecule has 0 aromatic carbocycles. The quantitative estimate of drug-likeness (QED) is 0.875. The van der Waals surface area contributed by atoms with Gasteiger partial charge in [0.15, 0.2) is 0 Å². The number of hydrogen-bond donors (Lipinski definition) is 2. The molecule has 1 fully saturated rings. The van der Waals surface area contributed by atoms with E-state index in [0.29, 0.717) is 12.6 Å². The van der Waals surface area contributed by atoms with Gasteiger partial charge in [0.25, 0.3) is 0 Å². The normalized spacial score (nSPS) is 22.9. The van der Waals surface area contributed by atoms with E-state index < -0.39 is 0 Å². The zero-order valence-electron chi connectivity index (χ0n) is 10.6. The van der Waals surface area contributed by atoms with Gasteiger partial charge >= 0.3 is 0 Å². The van der Waals surface area contributed by atoms with Crippen LogP contribution in [0.3, 0.4) is 0 Å². The lowest BCUT2D eigenvalue weighted by molar-refractivity contribution is -0.126. The van der Waals surface area contributed by atoms with Crippen LogP contribution in [0.25, 0.3) is 0 Å². The molecule has 2 N–H and O–H groups in total. The number of halogens is 1. The number of amides is 1. The van der Waals surface area contributed by atoms with Gasteiger partial charge in [-0.3, -0.25) is 9.78 Å². The molecule has 1 aliphatic heterocycles. The summed E-state index contributed by atoms with van der Waals surface area (Å²) in [5, 5.41) is 6.35. The van der Waals surface area contributed by atoms with Crippen LogP contribution in [0.4, 0.5) is 0 Å². The Balaban J connectivity index is 0.00000162. The smallest absolute Gasteiger partial charge is 0.223 e. The summed E-state index contributed by atoms with van der Waals surface area (Å²) in [6.07, 6.45) is 5.36. The number of rotatable bonds is 3. The molecular weight excluding hydrogens is 250 g/mol. The van der Waals surface area contributed by atoms with Crippen LogP contribution in [0.1, 0.15) is 25.3 Å². The van der Waals surface area contributed by atoms with E-state index >= 15 is 0 Å². The van der Waals surface area contributed by atoms with Gasteiger partial charge in [0, 0.05) is 30.9 Å². The molecule has 0 radical (unpaired) electrons. The molecule has 1 aliphatic rings. The number of hydrogen-bond acceptors (Lipinski definition) is 3. The van der Waals surface area contributed by atoms with Crippen molar-refractivity contribution in [2.75, 3.05) is 6.54 Å². The van der Waals surface area contributed by atoms with Crippen molar-refractivity contribution >= 4 is 18.3 Å². The first kappa shape index (κ1) is 14.9. The third-order valence-corrected chi connectivity index (χ3v) is 3.21. The first-order valence-corrected chi connectivity index (χ1v) is 6.15. The van der Waals surface area contributed by atoms with Crippen LogP contribution in [-0.4, -0.2) is 23.5 Å². The summed E-state index contributed by atoms with van der Waals surface area (Å²) in [6.45, 7) is 3.66. The highest BCUT2D eigenvalue weighted by molar-refractivity contribution is 5.85. The topological polar surface area (TPSA) is 54.0 Å². The summed E-state index contributed by atoms with van der Waals surface area (Å²) in [5.41, 5.74) is 1.09. The van der Waals surface area contributed by atoms with E-state index in [0.717, 1.165) is 24.9 Å². The first-order chi connectivity index (χ1) is 8.25. The molecule has 1 amide bonds. The van der Waals surface area contributed by atoms with Gasteiger partial charge in [-0.1, -0.05) is 0 Å². The van der Waals surface area contributed by atoms with Crippen LogP contribution in [-0.2, 0) is 11.3 Å². The highest BCUT2D eigenvalue weighted by atomic mass is 35.5. The molecule has 1 aromatic rings. The van der Waals surface area contributed by atoms with Crippen molar-refractivity contribution < 1.29 is 4.79 Å². The Morgan fingerprint density at radius 2 is 2.22 bits per heavy atom. The van der Waals surface area contributed by atoms with Crippen LogP contribution < -0.4 is 10.6 Å². The molecule has 0 saturated carbocycles. The maximum absolute atomic E-state index is 12.0. The van der Waals surface area contributed by atoms with Crippen molar-refractivity contribution in [2.24, 2.45) is 5.92 Å². The molecule has 4 nitrogen and oxygen atoms in total. The zero-order valence-corrected chi connectivity index (χ0v) is 11.4. The predicted molar refractivity (Wildman–Crippen MR) is 73.5 cm³/mol. The Kier molecular flexibility index (Phi) is 6.09. The fraction of sp³-hybridized carbons (Fsp3) is 0.538. The highest BCUT2D eigenvalue weighted by Crippen LogP contribution is 2.16. The minimum Gasteiger partial charge on any atom is -0.352 e. The Bertz CT molecular complexity index is 372. The number of pyridine rings is 1. The predicted octanol–water partition coefficient (Wildman–Crippen LogP) is 1.51. The van der Waals surface area contributed by atoms with Crippen LogP contribution >= 0.6 is 12.4 Å². The lowest BCUT2D eigenvalue weighted by atomic mass is 9.92. The van der Waals surface area contributed by atoms with Gasteiger partial charge in [0.05, 0.1) is 0 Å². The minimum absolute atomic E-state index is 0. The van der Waals surface area contributed by atoms with Crippen molar-refractivity contribution in [3.63, 3.8) is 0 Å². The molecule has 0 spiro atoms. The summed E-state index contributed by atoms with van der Waals surface area (Å²) in [6, 6.07) is 4.29. The molecule has 5 heteroatoms. The largest absolute Gasteiger partial charge is 0.352 e. The van der Waals surface area contributed by atoms with Crippen LogP contribution in [0.5, 0.6) is 0 Å². The van der Waals surface area contributed by atoms with Crippen molar-refractivity contribution in [2.45, 2.75) is 32.4 Å². The zero-order chi connectivity index (χ0) is 12.1. The average molecular weight is 270 g/mol. The summed E-state index contributed by atoms with van der Waals surface area (Å²) >= 11 is 0. The first-order valence-electron chi connectivity index (χ1n) is 6.15. The molecule has 2 heterocycles. The van der Waals surface area contributed by atoms with Gasteiger partial charge in [0.1, 0.15) is 0 Å². The lowest BCUT2D eigenvalue weighted by Gasteiger charge is -2.27. The molecule has 18 heavy (non-hydrogen) atoms. The van der Waals surface area contributed by atoms with Gasteiger partial charge in [-0.25, -0.2) is 0 Å². The third kappa shape index (κ3) is 4.27. The molecule has 2 atom stereocenters. The van der Waals surface area contributed by atoms with E-state index in [2.05, 4.69) is 22.5 Å². The average Bonchev–Trinajstić information content (AvgIpc) is 2.37. The Morgan fingerprint density at radius 3 is 2.89 bits per heavy atom. The lowest BCUT2D eigenvalue weighted by Crippen LogP contribution is -2.42. The maximum atomic E-state index is 12.0. The Hall–Kier alpha value is -1.13. The summed E-state index contributed by atoms with van der Waals surface area (Å²) in [4.78, 5) is 15.9.